The van der Waals surface area contributed by atoms with Gasteiger partial charge in [0.15, 0.2) is 4.90 Å². The molecule has 5 heteroatoms. The molecule has 18 heavy (non-hydrogen) atoms. The van der Waals surface area contributed by atoms with E-state index in [1.807, 2.05) is 32.0 Å². The first-order valence-electron chi connectivity index (χ1n) is 5.92. The van der Waals surface area contributed by atoms with Crippen LogP contribution in [0.2, 0.25) is 0 Å². The lowest BCUT2D eigenvalue weighted by atomic mass is 9.91. The monoisotopic (exact) mass is 268 g/mol. The number of hydrogen-bond donors (Lipinski definition) is 2. The number of hydrogen-bond acceptors (Lipinski definition) is 4. The van der Waals surface area contributed by atoms with Gasteiger partial charge in [0, 0.05) is 0 Å². The van der Waals surface area contributed by atoms with Crippen LogP contribution in [0.3, 0.4) is 0 Å². The van der Waals surface area contributed by atoms with Gasteiger partial charge in [0.1, 0.15) is 6.29 Å². The second-order valence-corrected chi connectivity index (χ2v) is 6.15. The van der Waals surface area contributed by atoms with E-state index in [-0.39, 0.29) is 6.54 Å². The number of carbonyl (C=O) groups excluding carboxylic acids is 1. The Morgan fingerprint density at radius 2 is 2.06 bits per heavy atom. The summed E-state index contributed by atoms with van der Waals surface area (Å²) in [4.78, 5) is 11.7. The first kappa shape index (κ1) is 15.2. The van der Waals surface area contributed by atoms with Gasteiger partial charge in [0.25, 0.3) is 0 Å². The molecule has 0 aromatic heterocycles. The predicted octanol–water partition coefficient (Wildman–Crippen LogP) is 1.24. The fourth-order valence-corrected chi connectivity index (χ4v) is 2.72. The van der Waals surface area contributed by atoms with Crippen LogP contribution >= 0.6 is 0 Å². The molecule has 0 heterocycles. The summed E-state index contributed by atoms with van der Waals surface area (Å²) in [5, 5.41) is 0. The third-order valence-electron chi connectivity index (χ3n) is 2.51. The van der Waals surface area contributed by atoms with Crippen molar-refractivity contribution in [2.24, 2.45) is 11.7 Å². The number of aldehydes is 1. The van der Waals surface area contributed by atoms with Crippen LogP contribution in [0.15, 0.2) is 35.2 Å². The first-order valence-corrected chi connectivity index (χ1v) is 7.07. The van der Waals surface area contributed by atoms with Crippen molar-refractivity contribution in [3.63, 3.8) is 0 Å². The number of carbonyl (C=O) groups is 1. The van der Waals surface area contributed by atoms with E-state index in [0.29, 0.717) is 17.2 Å². The lowest BCUT2D eigenvalue weighted by Gasteiger charge is -2.25. The van der Waals surface area contributed by atoms with Gasteiger partial charge in [-0.15, -0.1) is 4.72 Å². The Hall–Kier alpha value is -0.880. The fraction of sp³-hybridized carbons (Fsp3) is 0.462. The van der Waals surface area contributed by atoms with Gasteiger partial charge in [-0.2, -0.15) is 0 Å². The minimum atomic E-state index is -1.34. The highest BCUT2D eigenvalue weighted by Crippen LogP contribution is 2.13. The number of benzene rings is 1. The maximum Gasteiger partial charge on any atom is 0.173 e. The van der Waals surface area contributed by atoms with E-state index < -0.39 is 16.9 Å². The molecule has 0 spiro atoms. The van der Waals surface area contributed by atoms with Crippen molar-refractivity contribution in [3.05, 3.63) is 30.3 Å². The van der Waals surface area contributed by atoms with Crippen LogP contribution in [0.25, 0.3) is 0 Å². The van der Waals surface area contributed by atoms with Crippen molar-refractivity contribution in [3.8, 4) is 0 Å². The molecule has 4 nitrogen and oxygen atoms in total. The van der Waals surface area contributed by atoms with Gasteiger partial charge in [0.05, 0.1) is 23.4 Å². The molecule has 0 saturated carbocycles. The summed E-state index contributed by atoms with van der Waals surface area (Å²) >= 11 is -1.34. The second-order valence-electron chi connectivity index (χ2n) is 4.85. The van der Waals surface area contributed by atoms with Gasteiger partial charge in [-0.1, -0.05) is 32.0 Å². The Morgan fingerprint density at radius 1 is 1.44 bits per heavy atom. The summed E-state index contributed by atoms with van der Waals surface area (Å²) in [5.74, 6) is 0.312. The Bertz CT molecular complexity index is 373. The summed E-state index contributed by atoms with van der Waals surface area (Å²) in [6, 6.07) is 9.03. The van der Waals surface area contributed by atoms with E-state index in [0.717, 1.165) is 6.29 Å². The average Bonchev–Trinajstić information content (AvgIpc) is 2.36. The maximum atomic E-state index is 11.9. The largest absolute Gasteiger partial charge is 0.593 e. The molecule has 0 radical (unpaired) electrons. The van der Waals surface area contributed by atoms with Crippen molar-refractivity contribution >= 4 is 17.6 Å². The molecule has 0 bridgehead atoms. The molecule has 1 aromatic rings. The highest BCUT2D eigenvalue weighted by molar-refractivity contribution is 7.89. The Balaban J connectivity index is 2.55. The van der Waals surface area contributed by atoms with E-state index >= 15 is 0 Å². The Kier molecular flexibility index (Phi) is 5.81. The quantitative estimate of drug-likeness (QED) is 0.576. The molecular weight excluding hydrogens is 248 g/mol. The lowest BCUT2D eigenvalue weighted by Crippen LogP contribution is -2.52. The molecule has 2 atom stereocenters. The predicted molar refractivity (Wildman–Crippen MR) is 73.3 cm³/mol. The van der Waals surface area contributed by atoms with E-state index in [1.54, 1.807) is 12.1 Å². The summed E-state index contributed by atoms with van der Waals surface area (Å²) in [5.41, 5.74) is 5.00. The fourth-order valence-electron chi connectivity index (χ4n) is 1.75. The summed E-state index contributed by atoms with van der Waals surface area (Å²) in [7, 11) is 0. The zero-order valence-corrected chi connectivity index (χ0v) is 11.6. The van der Waals surface area contributed by atoms with Crippen molar-refractivity contribution in [1.29, 1.82) is 0 Å². The molecule has 2 unspecified atom stereocenters. The zero-order valence-electron chi connectivity index (χ0n) is 10.8. The van der Waals surface area contributed by atoms with Gasteiger partial charge in [0.2, 0.25) is 0 Å². The summed E-state index contributed by atoms with van der Waals surface area (Å²) < 4.78 is 14.7. The van der Waals surface area contributed by atoms with E-state index in [1.165, 1.54) is 0 Å². The van der Waals surface area contributed by atoms with Gasteiger partial charge in [-0.25, -0.2) is 0 Å². The molecule has 1 aromatic carbocycles. The molecule has 3 N–H and O–H groups in total. The van der Waals surface area contributed by atoms with Gasteiger partial charge in [-0.05, 0) is 24.5 Å². The second kappa shape index (κ2) is 6.89. The van der Waals surface area contributed by atoms with Crippen molar-refractivity contribution in [2.75, 3.05) is 6.54 Å². The lowest BCUT2D eigenvalue weighted by molar-refractivity contribution is -0.112. The van der Waals surface area contributed by atoms with Crippen LogP contribution in [-0.4, -0.2) is 22.9 Å². The van der Waals surface area contributed by atoms with Crippen molar-refractivity contribution in [1.82, 2.24) is 4.72 Å². The van der Waals surface area contributed by atoms with Crippen molar-refractivity contribution < 1.29 is 9.35 Å². The molecule has 0 aliphatic carbocycles. The van der Waals surface area contributed by atoms with E-state index in [4.69, 9.17) is 5.73 Å². The normalized spacial score (nSPS) is 16.3. The molecule has 1 rings (SSSR count). The summed E-state index contributed by atoms with van der Waals surface area (Å²) in [6.45, 7) is 4.20. The topological polar surface area (TPSA) is 78.2 Å². The maximum absolute atomic E-state index is 11.9. The SMILES string of the molecule is CC(C)CC(N)(C=O)CN[S+]([O-])c1ccccc1. The molecule has 100 valence electrons. The van der Waals surface area contributed by atoms with Crippen LogP contribution in [-0.2, 0) is 16.2 Å². The zero-order chi connectivity index (χ0) is 13.6. The van der Waals surface area contributed by atoms with Crippen LogP contribution in [0.5, 0.6) is 0 Å². The standard InChI is InChI=1S/C13H20N2O2S/c1-11(2)8-13(14,10-16)9-15-18(17)12-6-4-3-5-7-12/h3-7,10-11,15H,8-9,14H2,1-2H3. The van der Waals surface area contributed by atoms with Crippen LogP contribution < -0.4 is 10.5 Å². The molecule has 0 saturated heterocycles. The summed E-state index contributed by atoms with van der Waals surface area (Å²) in [6.07, 6.45) is 1.30. The third-order valence-corrected chi connectivity index (χ3v) is 3.62. The first-order chi connectivity index (χ1) is 8.47. The average molecular weight is 268 g/mol. The number of nitrogens with two attached hydrogens (primary N) is 1. The minimum Gasteiger partial charge on any atom is -0.593 e. The van der Waals surface area contributed by atoms with E-state index in [2.05, 4.69) is 4.72 Å². The van der Waals surface area contributed by atoms with Gasteiger partial charge in [-0.3, -0.25) is 0 Å². The minimum absolute atomic E-state index is 0.205. The Labute approximate surface area is 111 Å². The number of rotatable bonds is 7. The molecule has 0 aliphatic rings. The van der Waals surface area contributed by atoms with E-state index in [9.17, 15) is 9.35 Å². The highest BCUT2D eigenvalue weighted by atomic mass is 32.2. The van der Waals surface area contributed by atoms with Crippen LogP contribution in [0.4, 0.5) is 0 Å². The molecule has 0 fully saturated rings. The Morgan fingerprint density at radius 3 is 2.56 bits per heavy atom. The highest BCUT2D eigenvalue weighted by Gasteiger charge is 2.28. The van der Waals surface area contributed by atoms with Crippen LogP contribution in [0, 0.1) is 5.92 Å². The smallest absolute Gasteiger partial charge is 0.173 e. The van der Waals surface area contributed by atoms with Crippen LogP contribution in [0.1, 0.15) is 20.3 Å². The molecule has 0 aliphatic heterocycles. The number of nitrogens with one attached hydrogen (secondary N) is 1. The molecule has 0 amide bonds. The third kappa shape index (κ3) is 4.78. The van der Waals surface area contributed by atoms with Gasteiger partial charge < -0.3 is 15.1 Å². The van der Waals surface area contributed by atoms with Crippen molar-refractivity contribution in [2.45, 2.75) is 30.7 Å². The molecular formula is C13H20N2O2S. The van der Waals surface area contributed by atoms with Gasteiger partial charge >= 0.3 is 0 Å².